The summed E-state index contributed by atoms with van der Waals surface area (Å²) in [7, 11) is 0. The summed E-state index contributed by atoms with van der Waals surface area (Å²) in [5, 5.41) is 7.24. The van der Waals surface area contributed by atoms with Crippen molar-refractivity contribution in [1.29, 1.82) is 0 Å². The van der Waals surface area contributed by atoms with Crippen LogP contribution < -0.4 is 5.73 Å². The molecular weight excluding hydrogens is 176 g/mol. The number of rotatable bonds is 2. The number of nitrogens with one attached hydrogen (secondary N) is 1. The predicted octanol–water partition coefficient (Wildman–Crippen LogP) is 1.14. The lowest BCUT2D eigenvalue weighted by Crippen LogP contribution is -2.39. The number of H-pyrrole nitrogens is 1. The standard InChI is InChI=1S/C10H18N4/c1-3-8-12-9(14-13-8)10(2)6-4-5-7(10)11/h7H,3-6,11H2,1-2H3,(H,12,13,14). The van der Waals surface area contributed by atoms with Crippen molar-refractivity contribution < 1.29 is 0 Å². The Kier molecular flexibility index (Phi) is 2.31. The molecule has 78 valence electrons. The van der Waals surface area contributed by atoms with Gasteiger partial charge in [-0.3, -0.25) is 5.10 Å². The van der Waals surface area contributed by atoms with Crippen molar-refractivity contribution in [2.75, 3.05) is 0 Å². The molecule has 0 aliphatic heterocycles. The Morgan fingerprint density at radius 3 is 2.93 bits per heavy atom. The van der Waals surface area contributed by atoms with Crippen LogP contribution in [-0.2, 0) is 11.8 Å². The van der Waals surface area contributed by atoms with Crippen molar-refractivity contribution in [3.8, 4) is 0 Å². The summed E-state index contributed by atoms with van der Waals surface area (Å²) in [4.78, 5) is 4.49. The predicted molar refractivity (Wildman–Crippen MR) is 54.9 cm³/mol. The van der Waals surface area contributed by atoms with E-state index >= 15 is 0 Å². The van der Waals surface area contributed by atoms with E-state index in [9.17, 15) is 0 Å². The van der Waals surface area contributed by atoms with Gasteiger partial charge in [0, 0.05) is 17.9 Å². The number of aromatic amines is 1. The van der Waals surface area contributed by atoms with Gasteiger partial charge in [-0.05, 0) is 12.8 Å². The third-order valence-corrected chi connectivity index (χ3v) is 3.41. The zero-order valence-corrected chi connectivity index (χ0v) is 8.88. The van der Waals surface area contributed by atoms with Crippen LogP contribution in [0.3, 0.4) is 0 Å². The van der Waals surface area contributed by atoms with Gasteiger partial charge in [-0.1, -0.05) is 20.3 Å². The van der Waals surface area contributed by atoms with Crippen molar-refractivity contribution in [3.05, 3.63) is 11.6 Å². The first kappa shape index (κ1) is 9.65. The summed E-state index contributed by atoms with van der Waals surface area (Å²) < 4.78 is 0. The number of hydrogen-bond donors (Lipinski definition) is 2. The van der Waals surface area contributed by atoms with E-state index in [2.05, 4.69) is 29.0 Å². The van der Waals surface area contributed by atoms with Crippen LogP contribution in [0.25, 0.3) is 0 Å². The quantitative estimate of drug-likeness (QED) is 0.741. The second-order valence-corrected chi connectivity index (χ2v) is 4.38. The molecule has 4 nitrogen and oxygen atoms in total. The van der Waals surface area contributed by atoms with Gasteiger partial charge in [-0.15, -0.1) is 0 Å². The lowest BCUT2D eigenvalue weighted by atomic mass is 9.84. The van der Waals surface area contributed by atoms with Crippen LogP contribution in [0.4, 0.5) is 0 Å². The molecule has 0 radical (unpaired) electrons. The van der Waals surface area contributed by atoms with Crippen LogP contribution >= 0.6 is 0 Å². The van der Waals surface area contributed by atoms with E-state index in [4.69, 9.17) is 5.73 Å². The van der Waals surface area contributed by atoms with Gasteiger partial charge in [0.1, 0.15) is 5.82 Å². The Labute approximate surface area is 84.3 Å². The number of aryl methyl sites for hydroxylation is 1. The Balaban J connectivity index is 2.28. The molecule has 3 N–H and O–H groups in total. The molecule has 0 amide bonds. The maximum atomic E-state index is 6.10. The molecule has 2 rings (SSSR count). The Morgan fingerprint density at radius 1 is 1.64 bits per heavy atom. The maximum absolute atomic E-state index is 6.10. The molecule has 0 spiro atoms. The molecule has 1 heterocycles. The molecule has 0 saturated heterocycles. The first-order valence-corrected chi connectivity index (χ1v) is 5.34. The monoisotopic (exact) mass is 194 g/mol. The molecule has 0 aromatic carbocycles. The normalized spacial score (nSPS) is 32.4. The van der Waals surface area contributed by atoms with Gasteiger partial charge in [-0.2, -0.15) is 5.10 Å². The summed E-state index contributed by atoms with van der Waals surface area (Å²) in [6, 6.07) is 0.211. The van der Waals surface area contributed by atoms with Gasteiger partial charge < -0.3 is 5.73 Å². The molecule has 4 heteroatoms. The molecule has 1 saturated carbocycles. The van der Waals surface area contributed by atoms with Crippen molar-refractivity contribution in [2.45, 2.75) is 51.0 Å². The average Bonchev–Trinajstić information content (AvgIpc) is 2.75. The zero-order chi connectivity index (χ0) is 10.2. The maximum Gasteiger partial charge on any atom is 0.158 e. The highest BCUT2D eigenvalue weighted by atomic mass is 15.2. The molecule has 0 bridgehead atoms. The van der Waals surface area contributed by atoms with E-state index in [0.29, 0.717) is 0 Å². The second-order valence-electron chi connectivity index (χ2n) is 4.38. The number of hydrogen-bond acceptors (Lipinski definition) is 3. The summed E-state index contributed by atoms with van der Waals surface area (Å²) in [6.07, 6.45) is 4.29. The fourth-order valence-corrected chi connectivity index (χ4v) is 2.18. The smallest absolute Gasteiger partial charge is 0.158 e. The van der Waals surface area contributed by atoms with Crippen LogP contribution in [0.5, 0.6) is 0 Å². The van der Waals surface area contributed by atoms with Gasteiger partial charge in [0.15, 0.2) is 5.82 Å². The number of aromatic nitrogens is 3. The first-order chi connectivity index (χ1) is 6.66. The number of nitrogens with zero attached hydrogens (tertiary/aromatic N) is 2. The van der Waals surface area contributed by atoms with E-state index in [1.54, 1.807) is 0 Å². The summed E-state index contributed by atoms with van der Waals surface area (Å²) in [6.45, 7) is 4.24. The largest absolute Gasteiger partial charge is 0.327 e. The Morgan fingerprint density at radius 2 is 2.43 bits per heavy atom. The third-order valence-electron chi connectivity index (χ3n) is 3.41. The van der Waals surface area contributed by atoms with Crippen molar-refractivity contribution in [2.24, 2.45) is 5.73 Å². The first-order valence-electron chi connectivity index (χ1n) is 5.34. The van der Waals surface area contributed by atoms with E-state index in [1.807, 2.05) is 0 Å². The van der Waals surface area contributed by atoms with Gasteiger partial charge >= 0.3 is 0 Å². The molecule has 14 heavy (non-hydrogen) atoms. The zero-order valence-electron chi connectivity index (χ0n) is 8.88. The molecule has 2 unspecified atom stereocenters. The highest BCUT2D eigenvalue weighted by Crippen LogP contribution is 2.37. The highest BCUT2D eigenvalue weighted by molar-refractivity contribution is 5.14. The summed E-state index contributed by atoms with van der Waals surface area (Å²) in [5.74, 6) is 1.86. The minimum Gasteiger partial charge on any atom is -0.327 e. The van der Waals surface area contributed by atoms with E-state index < -0.39 is 0 Å². The topological polar surface area (TPSA) is 67.6 Å². The fourth-order valence-electron chi connectivity index (χ4n) is 2.18. The van der Waals surface area contributed by atoms with Crippen molar-refractivity contribution in [1.82, 2.24) is 15.2 Å². The Bertz CT molecular complexity index is 320. The van der Waals surface area contributed by atoms with Crippen molar-refractivity contribution >= 4 is 0 Å². The van der Waals surface area contributed by atoms with Crippen LogP contribution in [0, 0.1) is 0 Å². The van der Waals surface area contributed by atoms with E-state index in [1.165, 1.54) is 6.42 Å². The molecule has 1 aromatic heterocycles. The molecule has 1 aliphatic rings. The minimum atomic E-state index is -0.0100. The molecular formula is C10H18N4. The van der Waals surface area contributed by atoms with Gasteiger partial charge in [0.05, 0.1) is 0 Å². The van der Waals surface area contributed by atoms with Crippen LogP contribution in [0.1, 0.15) is 44.8 Å². The molecule has 2 atom stereocenters. The van der Waals surface area contributed by atoms with Gasteiger partial charge in [-0.25, -0.2) is 4.98 Å². The third kappa shape index (κ3) is 1.34. The van der Waals surface area contributed by atoms with Gasteiger partial charge in [0.2, 0.25) is 0 Å². The fraction of sp³-hybridized carbons (Fsp3) is 0.800. The molecule has 1 aromatic rings. The summed E-state index contributed by atoms with van der Waals surface area (Å²) >= 11 is 0. The molecule has 1 fully saturated rings. The van der Waals surface area contributed by atoms with E-state index in [0.717, 1.165) is 30.9 Å². The van der Waals surface area contributed by atoms with Crippen LogP contribution in [0.2, 0.25) is 0 Å². The average molecular weight is 194 g/mol. The lowest BCUT2D eigenvalue weighted by molar-refractivity contribution is 0.405. The Hall–Kier alpha value is -0.900. The van der Waals surface area contributed by atoms with Crippen molar-refractivity contribution in [3.63, 3.8) is 0 Å². The van der Waals surface area contributed by atoms with Gasteiger partial charge in [0.25, 0.3) is 0 Å². The van der Waals surface area contributed by atoms with E-state index in [-0.39, 0.29) is 11.5 Å². The van der Waals surface area contributed by atoms with Crippen LogP contribution in [-0.4, -0.2) is 21.2 Å². The van der Waals surface area contributed by atoms with Crippen LogP contribution in [0.15, 0.2) is 0 Å². The minimum absolute atomic E-state index is 0.0100. The summed E-state index contributed by atoms with van der Waals surface area (Å²) in [5.41, 5.74) is 6.09. The highest BCUT2D eigenvalue weighted by Gasteiger charge is 2.41. The lowest BCUT2D eigenvalue weighted by Gasteiger charge is -2.25. The number of nitrogens with two attached hydrogens (primary N) is 1. The second kappa shape index (κ2) is 3.35. The molecule has 1 aliphatic carbocycles. The SMILES string of the molecule is CCc1nc(C2(C)CCCC2N)n[nH]1.